The van der Waals surface area contributed by atoms with Gasteiger partial charge >= 0.3 is 0 Å². The van der Waals surface area contributed by atoms with Crippen molar-refractivity contribution in [2.24, 2.45) is 0 Å². The van der Waals surface area contributed by atoms with E-state index in [4.69, 9.17) is 21.1 Å². The molecule has 0 N–H and O–H groups in total. The van der Waals surface area contributed by atoms with Gasteiger partial charge in [0.1, 0.15) is 6.07 Å². The van der Waals surface area contributed by atoms with Crippen molar-refractivity contribution in [3.05, 3.63) is 52.8 Å². The van der Waals surface area contributed by atoms with Crippen LogP contribution < -0.4 is 9.47 Å². The van der Waals surface area contributed by atoms with Crippen molar-refractivity contribution in [2.45, 2.75) is 0 Å². The van der Waals surface area contributed by atoms with Crippen LogP contribution in [0, 0.1) is 11.3 Å². The first kappa shape index (κ1) is 12.5. The van der Waals surface area contributed by atoms with Gasteiger partial charge in [-0.05, 0) is 35.9 Å². The maximum atomic E-state index is 9.26. The first-order valence-electron chi connectivity index (χ1n) is 5.90. The predicted molar refractivity (Wildman–Crippen MR) is 75.3 cm³/mol. The lowest BCUT2D eigenvalue weighted by atomic mass is 10.1. The second kappa shape index (κ2) is 5.24. The number of halogens is 1. The number of benzene rings is 1. The molecule has 1 aromatic heterocycles. The molecule has 2 aromatic rings. The summed E-state index contributed by atoms with van der Waals surface area (Å²) in [7, 11) is 0. The Hall–Kier alpha value is -2.51. The molecule has 0 spiro atoms. The van der Waals surface area contributed by atoms with Gasteiger partial charge < -0.3 is 9.47 Å². The van der Waals surface area contributed by atoms with Gasteiger partial charge in [0.05, 0.1) is 16.3 Å². The molecule has 3 rings (SSSR count). The van der Waals surface area contributed by atoms with Gasteiger partial charge in [0.15, 0.2) is 11.5 Å². The Labute approximate surface area is 120 Å². The zero-order chi connectivity index (χ0) is 13.9. The van der Waals surface area contributed by atoms with E-state index in [1.165, 1.54) is 0 Å². The van der Waals surface area contributed by atoms with Crippen molar-refractivity contribution in [1.29, 1.82) is 5.26 Å². The first-order valence-corrected chi connectivity index (χ1v) is 6.28. The van der Waals surface area contributed by atoms with Gasteiger partial charge in [-0.3, -0.25) is 4.98 Å². The van der Waals surface area contributed by atoms with E-state index in [0.29, 0.717) is 27.8 Å². The van der Waals surface area contributed by atoms with Crippen molar-refractivity contribution in [3.8, 4) is 17.6 Å². The van der Waals surface area contributed by atoms with E-state index in [9.17, 15) is 5.26 Å². The average molecular weight is 285 g/mol. The minimum absolute atomic E-state index is 0.160. The molecule has 0 fully saturated rings. The van der Waals surface area contributed by atoms with Crippen LogP contribution in [0.25, 0.3) is 11.6 Å². The van der Waals surface area contributed by atoms with Crippen molar-refractivity contribution in [1.82, 2.24) is 4.98 Å². The molecule has 0 atom stereocenters. The van der Waals surface area contributed by atoms with Crippen molar-refractivity contribution in [3.63, 3.8) is 0 Å². The number of fused-ring (bicyclic) bond motifs is 1. The van der Waals surface area contributed by atoms with Crippen LogP contribution in [-0.2, 0) is 0 Å². The monoisotopic (exact) mass is 284 g/mol. The molecule has 1 aliphatic rings. The van der Waals surface area contributed by atoms with E-state index in [1.54, 1.807) is 36.5 Å². The van der Waals surface area contributed by atoms with Crippen LogP contribution in [0.1, 0.15) is 11.3 Å². The molecule has 1 aliphatic heterocycles. The number of nitrogens with zero attached hydrogens (tertiary/aromatic N) is 2. The molecule has 5 heteroatoms. The minimum atomic E-state index is 0.160. The Kier molecular flexibility index (Phi) is 3.28. The molecule has 0 amide bonds. The van der Waals surface area contributed by atoms with Gasteiger partial charge in [0.25, 0.3) is 0 Å². The molecule has 0 radical (unpaired) electrons. The molecular weight excluding hydrogens is 276 g/mol. The maximum Gasteiger partial charge on any atom is 0.231 e. The third kappa shape index (κ3) is 2.31. The summed E-state index contributed by atoms with van der Waals surface area (Å²) in [5.41, 5.74) is 1.84. The molecule has 0 unspecified atom stereocenters. The zero-order valence-electron chi connectivity index (χ0n) is 10.3. The Morgan fingerprint density at radius 1 is 1.35 bits per heavy atom. The molecule has 0 saturated heterocycles. The molecule has 20 heavy (non-hydrogen) atoms. The SMILES string of the molecule is N#CC(=Cc1cc(Cl)c2c(c1)OCO2)c1ccccn1. The second-order valence-electron chi connectivity index (χ2n) is 4.12. The highest BCUT2D eigenvalue weighted by Gasteiger charge is 2.18. The van der Waals surface area contributed by atoms with E-state index in [1.807, 2.05) is 6.07 Å². The summed E-state index contributed by atoms with van der Waals surface area (Å²) < 4.78 is 10.6. The smallest absolute Gasteiger partial charge is 0.231 e. The van der Waals surface area contributed by atoms with Crippen molar-refractivity contribution in [2.75, 3.05) is 6.79 Å². The van der Waals surface area contributed by atoms with E-state index in [0.717, 1.165) is 5.56 Å². The van der Waals surface area contributed by atoms with E-state index < -0.39 is 0 Å². The van der Waals surface area contributed by atoms with Crippen LogP contribution in [0.4, 0.5) is 0 Å². The Bertz CT molecular complexity index is 721. The van der Waals surface area contributed by atoms with E-state index in [-0.39, 0.29) is 6.79 Å². The number of rotatable bonds is 2. The standard InChI is InChI=1S/C15H9ClN2O2/c16-12-6-10(7-14-15(12)20-9-19-14)5-11(8-17)13-3-1-2-4-18-13/h1-7H,9H2. The summed E-state index contributed by atoms with van der Waals surface area (Å²) in [5.74, 6) is 1.13. The molecule has 4 nitrogen and oxygen atoms in total. The van der Waals surface area contributed by atoms with Crippen molar-refractivity contribution >= 4 is 23.3 Å². The topological polar surface area (TPSA) is 55.1 Å². The largest absolute Gasteiger partial charge is 0.454 e. The lowest BCUT2D eigenvalue weighted by Gasteiger charge is -2.02. The highest BCUT2D eigenvalue weighted by atomic mass is 35.5. The third-order valence-electron chi connectivity index (χ3n) is 2.82. The fraction of sp³-hybridized carbons (Fsp3) is 0.0667. The molecule has 0 bridgehead atoms. The van der Waals surface area contributed by atoms with Crippen molar-refractivity contribution < 1.29 is 9.47 Å². The van der Waals surface area contributed by atoms with Crippen LogP contribution in [0.3, 0.4) is 0 Å². The normalized spacial score (nSPS) is 13.1. The highest BCUT2D eigenvalue weighted by Crippen LogP contribution is 2.40. The minimum Gasteiger partial charge on any atom is -0.454 e. The molecule has 1 aromatic carbocycles. The number of hydrogen-bond donors (Lipinski definition) is 0. The van der Waals surface area contributed by atoms with Crippen LogP contribution in [0.15, 0.2) is 36.5 Å². The van der Waals surface area contributed by atoms with Gasteiger partial charge in [-0.15, -0.1) is 0 Å². The summed E-state index contributed by atoms with van der Waals surface area (Å²) in [4.78, 5) is 4.16. The summed E-state index contributed by atoms with van der Waals surface area (Å²) in [5, 5.41) is 9.72. The average Bonchev–Trinajstić information content (AvgIpc) is 2.94. The number of allylic oxidation sites excluding steroid dienone is 1. The van der Waals surface area contributed by atoms with Gasteiger partial charge in [-0.25, -0.2) is 0 Å². The van der Waals surface area contributed by atoms with E-state index >= 15 is 0 Å². The Morgan fingerprint density at radius 2 is 2.25 bits per heavy atom. The van der Waals surface area contributed by atoms with Crippen LogP contribution in [0.2, 0.25) is 5.02 Å². The van der Waals surface area contributed by atoms with Gasteiger partial charge in [-0.2, -0.15) is 5.26 Å². The quantitative estimate of drug-likeness (QED) is 0.792. The lowest BCUT2D eigenvalue weighted by molar-refractivity contribution is 0.174. The number of aromatic nitrogens is 1. The van der Waals surface area contributed by atoms with Gasteiger partial charge in [-0.1, -0.05) is 17.7 Å². The van der Waals surface area contributed by atoms with Gasteiger partial charge in [0.2, 0.25) is 6.79 Å². The zero-order valence-corrected chi connectivity index (χ0v) is 11.1. The first-order chi connectivity index (χ1) is 9.78. The molecule has 98 valence electrons. The number of pyridine rings is 1. The summed E-state index contributed by atoms with van der Waals surface area (Å²) in [6.45, 7) is 0.160. The van der Waals surface area contributed by atoms with Crippen LogP contribution in [0.5, 0.6) is 11.5 Å². The summed E-state index contributed by atoms with van der Waals surface area (Å²) in [6, 6.07) is 11.1. The third-order valence-corrected chi connectivity index (χ3v) is 3.10. The Morgan fingerprint density at radius 3 is 3.00 bits per heavy atom. The fourth-order valence-electron chi connectivity index (χ4n) is 1.92. The molecular formula is C15H9ClN2O2. The fourth-order valence-corrected chi connectivity index (χ4v) is 2.20. The summed E-state index contributed by atoms with van der Waals surface area (Å²) in [6.07, 6.45) is 3.36. The highest BCUT2D eigenvalue weighted by molar-refractivity contribution is 6.32. The van der Waals surface area contributed by atoms with E-state index in [2.05, 4.69) is 11.1 Å². The summed E-state index contributed by atoms with van der Waals surface area (Å²) >= 11 is 6.11. The lowest BCUT2D eigenvalue weighted by Crippen LogP contribution is -1.93. The second-order valence-corrected chi connectivity index (χ2v) is 4.53. The van der Waals surface area contributed by atoms with Crippen LogP contribution >= 0.6 is 11.6 Å². The van der Waals surface area contributed by atoms with Crippen LogP contribution in [-0.4, -0.2) is 11.8 Å². The number of nitriles is 1. The predicted octanol–water partition coefficient (Wildman–Crippen LogP) is 3.53. The molecule has 0 saturated carbocycles. The van der Waals surface area contributed by atoms with Gasteiger partial charge in [0, 0.05) is 6.20 Å². The number of hydrogen-bond acceptors (Lipinski definition) is 4. The molecule has 2 heterocycles. The molecule has 0 aliphatic carbocycles. The Balaban J connectivity index is 2.03. The maximum absolute atomic E-state index is 9.26. The number of ether oxygens (including phenoxy) is 2.